The molecule has 45 heavy (non-hydrogen) atoms. The van der Waals surface area contributed by atoms with E-state index in [1.54, 1.807) is 0 Å². The molecule has 0 unspecified atom stereocenters. The van der Waals surface area contributed by atoms with E-state index in [1.807, 2.05) is 0 Å². The van der Waals surface area contributed by atoms with Crippen molar-refractivity contribution in [3.05, 3.63) is 0 Å². The third kappa shape index (κ3) is 30800. The van der Waals surface area contributed by atoms with Crippen molar-refractivity contribution in [1.82, 2.24) is 55.4 Å². The van der Waals surface area contributed by atoms with E-state index in [-0.39, 0.29) is 73.9 Å². The van der Waals surface area contributed by atoms with E-state index >= 15 is 0 Å². The van der Waals surface area contributed by atoms with E-state index in [1.165, 1.54) is 0 Å². The minimum Gasteiger partial charge on any atom is 5.00 e. The van der Waals surface area contributed by atoms with Crippen molar-refractivity contribution >= 4 is 0 Å². The molecule has 0 saturated heterocycles. The second kappa shape index (κ2) is 47.8. The summed E-state index contributed by atoms with van der Waals surface area (Å²) in [6, 6.07) is 0. The van der Waals surface area contributed by atoms with Gasteiger partial charge in [-0.05, 0) is 0 Å². The molecular formula is H36Mo7N9O28V. The van der Waals surface area contributed by atoms with Gasteiger partial charge in [0.15, 0.2) is 0 Å². The normalized spacial score (nSPS) is 9.02. The molecule has 45 heteroatoms. The maximum Gasteiger partial charge on any atom is 5.00 e. The van der Waals surface area contributed by atoms with Crippen molar-refractivity contribution in [3.8, 4) is 0 Å². The zero-order chi connectivity index (χ0) is 31.5. The van der Waals surface area contributed by atoms with Crippen LogP contribution in [-0.4, -0.2) is 0 Å². The van der Waals surface area contributed by atoms with Gasteiger partial charge in [0.2, 0.25) is 0 Å². The summed E-state index contributed by atoms with van der Waals surface area (Å²) >= 11 is -42.1. The number of rotatable bonds is 0. The fourth-order valence-corrected chi connectivity index (χ4v) is 0. The van der Waals surface area contributed by atoms with Gasteiger partial charge in [0.25, 0.3) is 0 Å². The Morgan fingerprint density at radius 3 is 0.178 bits per heavy atom. The van der Waals surface area contributed by atoms with Crippen LogP contribution in [-0.2, 0) is 183 Å². The van der Waals surface area contributed by atoms with Crippen LogP contribution in [0.4, 0.5) is 0 Å². The molecule has 0 aromatic heterocycles. The van der Waals surface area contributed by atoms with E-state index in [9.17, 15) is 0 Å². The monoisotopic (exact) mass is 1350 g/mol. The zero-order valence-electron chi connectivity index (χ0n) is 23.7. The van der Waals surface area contributed by atoms with E-state index in [0.29, 0.717) is 0 Å². The predicted molar refractivity (Wildman–Crippen MR) is 63.5 cm³/mol. The summed E-state index contributed by atoms with van der Waals surface area (Å²) in [6.07, 6.45) is 0. The van der Waals surface area contributed by atoms with Crippen LogP contribution in [0, 0.1) is 0 Å². The van der Waals surface area contributed by atoms with E-state index < -0.39 is 117 Å². The van der Waals surface area contributed by atoms with Gasteiger partial charge < -0.3 is 55.4 Å². The number of hydrogen-bond acceptors (Lipinski definition) is 28. The standard InChI is InChI=1S/7Mo.9H3N.28O.V/h;;;;;;;9*1H3;;;;;;;;;;;;;;;;;;;;;;;;;;;;;/q;;;;;;;;;;;;;;;;;;;;;;;;;;;;;;14*-1;+5/p+9. The summed E-state index contributed by atoms with van der Waals surface area (Å²) in [6.45, 7) is 0. The summed E-state index contributed by atoms with van der Waals surface area (Å²) in [5.74, 6) is 0. The molecule has 0 bridgehead atoms. The Balaban J connectivity index is -0.0000000131. The van der Waals surface area contributed by atoms with Gasteiger partial charge in [-0.2, -0.15) is 0 Å². The Labute approximate surface area is 287 Å². The molecule has 0 aliphatic rings. The molecule has 296 valence electrons. The van der Waals surface area contributed by atoms with Crippen LogP contribution in [0.2, 0.25) is 0 Å². The largest absolute Gasteiger partial charge is 5.00 e. The first-order valence-corrected chi connectivity index (χ1v) is 27.6. The molecular weight excluding hydrogens is 1300 g/mol. The Bertz CT molecular complexity index is 942. The summed E-state index contributed by atoms with van der Waals surface area (Å²) in [5.41, 5.74) is 0. The van der Waals surface area contributed by atoms with Crippen LogP contribution >= 0.6 is 0 Å². The predicted octanol–water partition coefficient (Wildman–Crippen LogP) is -14.9. The van der Waals surface area contributed by atoms with Crippen molar-refractivity contribution in [2.45, 2.75) is 0 Å². The molecule has 0 radical (unpaired) electrons. The molecule has 0 spiro atoms. The summed E-state index contributed by atoms with van der Waals surface area (Å²) in [5, 5.41) is 0. The fraction of sp³-hybridized carbons (Fsp3) is 0. The molecule has 0 atom stereocenters. The third-order valence-corrected chi connectivity index (χ3v) is 0. The topological polar surface area (TPSA) is 890 Å². The SMILES string of the molecule is [NH4+].[NH4+].[NH4+].[NH4+].[NH4+].[NH4+].[NH4+].[NH4+].[NH4+].[O]=[Mo](=[O])([O-])[O-].[O]=[Mo](=[O])([O-])[O-].[O]=[Mo](=[O])([O-])[O-].[O]=[Mo](=[O])([O-])[O-].[O]=[Mo](=[O])([O-])[O-].[O]=[Mo](=[O])([O-])[O-].[O]=[Mo](=[O])([O-])[O-].[V+5]. The van der Waals surface area contributed by atoms with Gasteiger partial charge in [0, 0.05) is 0 Å². The van der Waals surface area contributed by atoms with E-state index in [4.69, 9.17) is 100 Å². The molecule has 0 amide bonds. The Morgan fingerprint density at radius 2 is 0.178 bits per heavy atom. The van der Waals surface area contributed by atoms with Crippen LogP contribution in [0.5, 0.6) is 0 Å². The van der Waals surface area contributed by atoms with Crippen LogP contribution in [0.1, 0.15) is 0 Å². The van der Waals surface area contributed by atoms with Gasteiger partial charge in [-0.25, -0.2) is 0 Å². The molecule has 0 aromatic rings. The fourth-order valence-electron chi connectivity index (χ4n) is 0. The summed E-state index contributed by atoms with van der Waals surface area (Å²) in [4.78, 5) is 0. The van der Waals surface area contributed by atoms with Crippen LogP contribution in [0.3, 0.4) is 0 Å². The Kier molecular flexibility index (Phi) is 117. The van der Waals surface area contributed by atoms with E-state index in [2.05, 4.69) is 0 Å². The quantitative estimate of drug-likeness (QED) is 0.102. The zero-order valence-corrected chi connectivity index (χ0v) is 39.2. The minimum absolute atomic E-state index is 0. The van der Waals surface area contributed by atoms with Crippen LogP contribution in [0.25, 0.3) is 0 Å². The van der Waals surface area contributed by atoms with Gasteiger partial charge in [-0.3, -0.25) is 0 Å². The van der Waals surface area contributed by atoms with Gasteiger partial charge in [0.1, 0.15) is 0 Å². The molecule has 0 fully saturated rings. The molecule has 37 nitrogen and oxygen atoms in total. The van der Waals surface area contributed by atoms with Crippen molar-refractivity contribution in [1.29, 1.82) is 0 Å². The minimum atomic E-state index is -6.02. The van der Waals surface area contributed by atoms with Crippen molar-refractivity contribution in [3.63, 3.8) is 0 Å². The third-order valence-electron chi connectivity index (χ3n) is 0. The molecule has 0 heterocycles. The van der Waals surface area contributed by atoms with Gasteiger partial charge in [-0.1, -0.05) is 0 Å². The molecule has 0 aromatic carbocycles. The summed E-state index contributed by atoms with van der Waals surface area (Å²) in [7, 11) is 0. The number of hydrogen-bond donors (Lipinski definition) is 9. The molecule has 0 saturated carbocycles. The van der Waals surface area contributed by atoms with Crippen LogP contribution < -0.4 is 108 Å². The van der Waals surface area contributed by atoms with Crippen molar-refractivity contribution < 1.29 is 236 Å². The molecule has 36 N–H and O–H groups in total. The van der Waals surface area contributed by atoms with Crippen LogP contribution in [0.15, 0.2) is 0 Å². The Morgan fingerprint density at radius 1 is 0.178 bits per heavy atom. The second-order valence-corrected chi connectivity index (χ2v) is 16.9. The van der Waals surface area contributed by atoms with Crippen molar-refractivity contribution in [2.75, 3.05) is 0 Å². The Hall–Kier alpha value is 1.68. The van der Waals surface area contributed by atoms with Gasteiger partial charge in [0.05, 0.1) is 0 Å². The average Bonchev–Trinajstić information content (AvgIpc) is 2.06. The van der Waals surface area contributed by atoms with E-state index in [0.717, 1.165) is 0 Å². The van der Waals surface area contributed by atoms with Crippen molar-refractivity contribution in [2.24, 2.45) is 0 Å². The first-order valence-electron chi connectivity index (χ1n) is 4.67. The molecule has 0 rings (SSSR count). The average molecular weight is 1330 g/mol. The van der Waals surface area contributed by atoms with Gasteiger partial charge >= 0.3 is 236 Å². The first-order chi connectivity index (χ1) is 14.0. The maximum absolute atomic E-state index is 8.63. The molecule has 0 aliphatic heterocycles. The smallest absolute Gasteiger partial charge is 5.00 e. The first kappa shape index (κ1) is 111. The number of quaternary nitrogens is 9. The van der Waals surface area contributed by atoms with Gasteiger partial charge in [-0.15, -0.1) is 0 Å². The molecule has 0 aliphatic carbocycles. The second-order valence-electron chi connectivity index (χ2n) is 2.86. The maximum atomic E-state index is 8.63. The summed E-state index contributed by atoms with van der Waals surface area (Å²) < 4.78 is 242.